The van der Waals surface area contributed by atoms with Gasteiger partial charge in [-0.15, -0.1) is 19.0 Å². The Morgan fingerprint density at radius 1 is 0.909 bits per heavy atom. The lowest BCUT2D eigenvalue weighted by molar-refractivity contribution is -0.286. The molecule has 0 N–H and O–H groups in total. The van der Waals surface area contributed by atoms with Crippen LogP contribution in [0.1, 0.15) is 0 Å². The maximum atomic E-state index is 13.0. The minimum absolute atomic E-state index is 0.0410. The summed E-state index contributed by atoms with van der Waals surface area (Å²) in [5, 5.41) is 7.80. The van der Waals surface area contributed by atoms with Crippen molar-refractivity contribution in [2.45, 2.75) is 6.29 Å². The molecule has 0 unspecified atom stereocenters. The SMILES string of the molecule is FC1(F)Oc2ccc(-c3nnc(-c4cccnc4)o3)cc2O1. The van der Waals surface area contributed by atoms with Crippen molar-refractivity contribution in [3.8, 4) is 34.4 Å². The van der Waals surface area contributed by atoms with Gasteiger partial charge in [-0.2, -0.15) is 0 Å². The molecular weight excluding hydrogens is 296 g/mol. The minimum atomic E-state index is -3.66. The van der Waals surface area contributed by atoms with Gasteiger partial charge < -0.3 is 13.9 Å². The second kappa shape index (κ2) is 4.48. The van der Waals surface area contributed by atoms with Crippen molar-refractivity contribution in [3.05, 3.63) is 42.7 Å². The summed E-state index contributed by atoms with van der Waals surface area (Å²) >= 11 is 0. The first-order chi connectivity index (χ1) is 10.6. The number of hydrogen-bond donors (Lipinski definition) is 0. The van der Waals surface area contributed by atoms with Crippen molar-refractivity contribution in [2.24, 2.45) is 0 Å². The maximum Gasteiger partial charge on any atom is 0.586 e. The molecule has 2 aromatic heterocycles. The molecule has 3 aromatic rings. The van der Waals surface area contributed by atoms with Crippen molar-refractivity contribution in [3.63, 3.8) is 0 Å². The highest BCUT2D eigenvalue weighted by Crippen LogP contribution is 2.42. The van der Waals surface area contributed by atoms with Crippen LogP contribution in [-0.2, 0) is 0 Å². The molecule has 0 bridgehead atoms. The molecule has 6 nitrogen and oxygen atoms in total. The fourth-order valence-corrected chi connectivity index (χ4v) is 2.03. The van der Waals surface area contributed by atoms with E-state index in [1.807, 2.05) is 0 Å². The second-order valence-electron chi connectivity index (χ2n) is 4.48. The van der Waals surface area contributed by atoms with Crippen molar-refractivity contribution in [2.75, 3.05) is 0 Å². The molecule has 3 heterocycles. The summed E-state index contributed by atoms with van der Waals surface area (Å²) < 4.78 is 40.2. The van der Waals surface area contributed by atoms with Crippen molar-refractivity contribution < 1.29 is 22.7 Å². The molecule has 8 heteroatoms. The molecule has 1 aromatic carbocycles. The maximum absolute atomic E-state index is 13.0. The molecule has 0 amide bonds. The fraction of sp³-hybridized carbons (Fsp3) is 0.0714. The van der Waals surface area contributed by atoms with E-state index in [2.05, 4.69) is 24.7 Å². The van der Waals surface area contributed by atoms with Gasteiger partial charge in [0, 0.05) is 18.0 Å². The lowest BCUT2D eigenvalue weighted by Gasteiger charge is -2.04. The fourth-order valence-electron chi connectivity index (χ4n) is 2.03. The number of halogens is 2. The van der Waals surface area contributed by atoms with Gasteiger partial charge in [-0.1, -0.05) is 0 Å². The molecule has 0 saturated heterocycles. The molecule has 4 rings (SSSR count). The Hall–Kier alpha value is -3.03. The van der Waals surface area contributed by atoms with Gasteiger partial charge in [0.1, 0.15) is 0 Å². The van der Waals surface area contributed by atoms with Crippen LogP contribution in [0.4, 0.5) is 8.78 Å². The Labute approximate surface area is 122 Å². The van der Waals surface area contributed by atoms with Crippen LogP contribution in [0.25, 0.3) is 22.9 Å². The standard InChI is InChI=1S/C14H7F2N3O3/c15-14(16)21-10-4-3-8(6-11(10)22-14)12-18-19-13(20-12)9-2-1-5-17-7-9/h1-7H. The molecule has 0 aliphatic carbocycles. The molecule has 0 fully saturated rings. The third-order valence-corrected chi connectivity index (χ3v) is 2.98. The number of ether oxygens (including phenoxy) is 2. The molecule has 22 heavy (non-hydrogen) atoms. The van der Waals surface area contributed by atoms with Crippen LogP contribution in [0.3, 0.4) is 0 Å². The first kappa shape index (κ1) is 12.7. The lowest BCUT2D eigenvalue weighted by Crippen LogP contribution is -2.25. The van der Waals surface area contributed by atoms with Crippen LogP contribution < -0.4 is 9.47 Å². The van der Waals surface area contributed by atoms with E-state index in [4.69, 9.17) is 4.42 Å². The summed E-state index contributed by atoms with van der Waals surface area (Å²) in [6, 6.07) is 7.76. The molecule has 0 atom stereocenters. The summed E-state index contributed by atoms with van der Waals surface area (Å²) in [6.07, 6.45) is -0.451. The van der Waals surface area contributed by atoms with E-state index in [1.54, 1.807) is 24.5 Å². The van der Waals surface area contributed by atoms with Gasteiger partial charge in [0.05, 0.1) is 5.56 Å². The van der Waals surface area contributed by atoms with Gasteiger partial charge in [-0.25, -0.2) is 0 Å². The zero-order valence-corrected chi connectivity index (χ0v) is 10.9. The number of alkyl halides is 2. The third-order valence-electron chi connectivity index (χ3n) is 2.98. The van der Waals surface area contributed by atoms with E-state index in [0.29, 0.717) is 11.1 Å². The highest BCUT2D eigenvalue weighted by Gasteiger charge is 2.43. The predicted octanol–water partition coefficient (Wildman–Crippen LogP) is 3.12. The number of benzene rings is 1. The summed E-state index contributed by atoms with van der Waals surface area (Å²) in [7, 11) is 0. The first-order valence-corrected chi connectivity index (χ1v) is 6.25. The van der Waals surface area contributed by atoms with E-state index in [-0.39, 0.29) is 23.3 Å². The smallest absolute Gasteiger partial charge is 0.416 e. The summed E-state index contributed by atoms with van der Waals surface area (Å²) in [6.45, 7) is 0. The second-order valence-corrected chi connectivity index (χ2v) is 4.48. The van der Waals surface area contributed by atoms with E-state index in [9.17, 15) is 8.78 Å². The van der Waals surface area contributed by atoms with Gasteiger partial charge in [0.2, 0.25) is 11.8 Å². The van der Waals surface area contributed by atoms with Crippen LogP contribution in [0.2, 0.25) is 0 Å². The van der Waals surface area contributed by atoms with Gasteiger partial charge >= 0.3 is 6.29 Å². The van der Waals surface area contributed by atoms with E-state index >= 15 is 0 Å². The van der Waals surface area contributed by atoms with Crippen molar-refractivity contribution in [1.29, 1.82) is 0 Å². The normalized spacial score (nSPS) is 15.0. The highest BCUT2D eigenvalue weighted by molar-refractivity contribution is 5.62. The van der Waals surface area contributed by atoms with Crippen LogP contribution in [0.15, 0.2) is 47.1 Å². The van der Waals surface area contributed by atoms with Crippen LogP contribution in [0, 0.1) is 0 Å². The van der Waals surface area contributed by atoms with Gasteiger partial charge in [-0.05, 0) is 30.3 Å². The van der Waals surface area contributed by atoms with E-state index in [1.165, 1.54) is 18.2 Å². The number of rotatable bonds is 2. The monoisotopic (exact) mass is 303 g/mol. The van der Waals surface area contributed by atoms with Crippen molar-refractivity contribution >= 4 is 0 Å². The topological polar surface area (TPSA) is 70.3 Å². The molecular formula is C14H7F2N3O3. The van der Waals surface area contributed by atoms with Gasteiger partial charge in [0.15, 0.2) is 11.5 Å². The largest absolute Gasteiger partial charge is 0.586 e. The molecule has 1 aliphatic heterocycles. The number of nitrogens with zero attached hydrogens (tertiary/aromatic N) is 3. The number of fused-ring (bicyclic) bond motifs is 1. The Morgan fingerprint density at radius 3 is 2.45 bits per heavy atom. The summed E-state index contributed by atoms with van der Waals surface area (Å²) in [5.74, 6) is 0.343. The van der Waals surface area contributed by atoms with Crippen LogP contribution in [0.5, 0.6) is 11.5 Å². The lowest BCUT2D eigenvalue weighted by atomic mass is 10.2. The zero-order valence-electron chi connectivity index (χ0n) is 10.9. The van der Waals surface area contributed by atoms with Crippen molar-refractivity contribution in [1.82, 2.24) is 15.2 Å². The Bertz CT molecular complexity index is 836. The number of hydrogen-bond acceptors (Lipinski definition) is 6. The minimum Gasteiger partial charge on any atom is -0.416 e. The number of aromatic nitrogens is 3. The third kappa shape index (κ3) is 2.14. The average molecular weight is 303 g/mol. The first-order valence-electron chi connectivity index (χ1n) is 6.25. The number of pyridine rings is 1. The van der Waals surface area contributed by atoms with E-state index in [0.717, 1.165) is 0 Å². The Morgan fingerprint density at radius 2 is 1.68 bits per heavy atom. The molecule has 110 valence electrons. The van der Waals surface area contributed by atoms with Crippen LogP contribution in [-0.4, -0.2) is 21.5 Å². The summed E-state index contributed by atoms with van der Waals surface area (Å²) in [5.41, 5.74) is 1.11. The van der Waals surface area contributed by atoms with Gasteiger partial charge in [-0.3, -0.25) is 4.98 Å². The molecule has 1 aliphatic rings. The van der Waals surface area contributed by atoms with Crippen LogP contribution >= 0.6 is 0 Å². The zero-order chi connectivity index (χ0) is 15.2. The quantitative estimate of drug-likeness (QED) is 0.724. The Kier molecular flexibility index (Phi) is 2.59. The van der Waals surface area contributed by atoms with Gasteiger partial charge in [0.25, 0.3) is 0 Å². The average Bonchev–Trinajstić information content (AvgIpc) is 3.10. The Balaban J connectivity index is 1.68. The predicted molar refractivity (Wildman–Crippen MR) is 69.2 cm³/mol. The summed E-state index contributed by atoms with van der Waals surface area (Å²) in [4.78, 5) is 3.96. The molecule has 0 saturated carbocycles. The molecule has 0 radical (unpaired) electrons. The molecule has 0 spiro atoms. The highest BCUT2D eigenvalue weighted by atomic mass is 19.3. The van der Waals surface area contributed by atoms with E-state index < -0.39 is 6.29 Å².